The van der Waals surface area contributed by atoms with Crippen molar-refractivity contribution in [3.63, 3.8) is 0 Å². The number of aliphatic hydroxyl groups is 4. The lowest BCUT2D eigenvalue weighted by Crippen LogP contribution is -2.26. The molecule has 0 spiro atoms. The highest BCUT2D eigenvalue weighted by Crippen LogP contribution is 2.41. The lowest BCUT2D eigenvalue weighted by atomic mass is 9.70. The van der Waals surface area contributed by atoms with E-state index in [1.807, 2.05) is 0 Å². The van der Waals surface area contributed by atoms with E-state index < -0.39 is 0 Å². The van der Waals surface area contributed by atoms with E-state index in [4.69, 9.17) is 20.4 Å². The van der Waals surface area contributed by atoms with E-state index in [-0.39, 0.29) is 18.6 Å². The minimum absolute atomic E-state index is 0.278. The van der Waals surface area contributed by atoms with Gasteiger partial charge in [0, 0.05) is 26.4 Å². The fourth-order valence-corrected chi connectivity index (χ4v) is 4.00. The van der Waals surface area contributed by atoms with E-state index >= 15 is 0 Å². The normalized spacial score (nSPS) is 27.8. The molecular weight excluding hydrogens is 280 g/mol. The van der Waals surface area contributed by atoms with Crippen molar-refractivity contribution in [3.05, 3.63) is 0 Å². The van der Waals surface area contributed by atoms with Crippen LogP contribution in [0.3, 0.4) is 0 Å². The average Bonchev–Trinajstić information content (AvgIpc) is 2.57. The van der Waals surface area contributed by atoms with Gasteiger partial charge in [-0.2, -0.15) is 0 Å². The summed E-state index contributed by atoms with van der Waals surface area (Å²) in [5.74, 6) is 1.03. The molecule has 0 saturated heterocycles. The lowest BCUT2D eigenvalue weighted by molar-refractivity contribution is 0.0925. The second-order valence-corrected chi connectivity index (χ2v) is 7.26. The first kappa shape index (κ1) is 19.9. The maximum absolute atomic E-state index is 8.93. The van der Waals surface area contributed by atoms with Gasteiger partial charge in [-0.15, -0.1) is 0 Å². The van der Waals surface area contributed by atoms with E-state index in [1.54, 1.807) is 0 Å². The van der Waals surface area contributed by atoms with Gasteiger partial charge < -0.3 is 20.4 Å². The van der Waals surface area contributed by atoms with Gasteiger partial charge in [-0.05, 0) is 68.6 Å². The van der Waals surface area contributed by atoms with Gasteiger partial charge in [-0.1, -0.05) is 19.3 Å². The zero-order chi connectivity index (χ0) is 16.3. The Morgan fingerprint density at radius 3 is 1.36 bits per heavy atom. The molecule has 2 aliphatic carbocycles. The molecule has 0 aromatic heterocycles. The first-order chi connectivity index (χ1) is 10.7. The van der Waals surface area contributed by atoms with Crippen LogP contribution in [0.5, 0.6) is 0 Å². The van der Waals surface area contributed by atoms with Crippen molar-refractivity contribution in [2.24, 2.45) is 17.3 Å². The first-order valence-electron chi connectivity index (χ1n) is 9.13. The summed E-state index contributed by atoms with van der Waals surface area (Å²) in [5.41, 5.74) is 0.280. The maximum atomic E-state index is 8.93. The van der Waals surface area contributed by atoms with Crippen molar-refractivity contribution in [3.8, 4) is 0 Å². The summed E-state index contributed by atoms with van der Waals surface area (Å²) >= 11 is 0. The number of hydrogen-bond acceptors (Lipinski definition) is 4. The molecule has 0 aromatic carbocycles. The molecular formula is C18H36O4. The van der Waals surface area contributed by atoms with Gasteiger partial charge in [-0.3, -0.25) is 0 Å². The van der Waals surface area contributed by atoms with E-state index in [1.165, 1.54) is 32.1 Å². The molecule has 4 N–H and O–H groups in total. The summed E-state index contributed by atoms with van der Waals surface area (Å²) < 4.78 is 0. The van der Waals surface area contributed by atoms with Gasteiger partial charge >= 0.3 is 0 Å². The summed E-state index contributed by atoms with van der Waals surface area (Å²) in [5, 5.41) is 35.4. The molecule has 22 heavy (non-hydrogen) atoms. The molecule has 0 bridgehead atoms. The van der Waals surface area contributed by atoms with Gasteiger partial charge in [0.2, 0.25) is 0 Å². The van der Waals surface area contributed by atoms with Gasteiger partial charge in [-0.25, -0.2) is 0 Å². The zero-order valence-electron chi connectivity index (χ0n) is 14.1. The van der Waals surface area contributed by atoms with Crippen LogP contribution in [0.2, 0.25) is 0 Å². The Morgan fingerprint density at radius 2 is 1.05 bits per heavy atom. The molecule has 0 atom stereocenters. The van der Waals surface area contributed by atoms with Crippen LogP contribution >= 0.6 is 0 Å². The molecule has 2 aliphatic rings. The van der Waals surface area contributed by atoms with Crippen molar-refractivity contribution in [2.45, 2.75) is 70.6 Å². The van der Waals surface area contributed by atoms with E-state index in [2.05, 4.69) is 0 Å². The Morgan fingerprint density at radius 1 is 0.636 bits per heavy atom. The number of rotatable bonds is 6. The summed E-state index contributed by atoms with van der Waals surface area (Å²) in [6.45, 7) is 1.22. The third kappa shape index (κ3) is 6.95. The van der Waals surface area contributed by atoms with Crippen molar-refractivity contribution < 1.29 is 20.4 Å². The summed E-state index contributed by atoms with van der Waals surface area (Å²) in [6, 6.07) is 0. The predicted molar refractivity (Wildman–Crippen MR) is 88.5 cm³/mol. The topological polar surface area (TPSA) is 80.9 Å². The van der Waals surface area contributed by atoms with Crippen LogP contribution < -0.4 is 0 Å². The van der Waals surface area contributed by atoms with E-state index in [0.29, 0.717) is 25.0 Å². The Labute approximate surface area is 135 Å². The molecule has 2 saturated carbocycles. The molecule has 132 valence electrons. The van der Waals surface area contributed by atoms with Crippen LogP contribution in [-0.2, 0) is 0 Å². The van der Waals surface area contributed by atoms with Crippen LogP contribution in [0.4, 0.5) is 0 Å². The van der Waals surface area contributed by atoms with Crippen LogP contribution in [-0.4, -0.2) is 46.9 Å². The highest BCUT2D eigenvalue weighted by atomic mass is 16.3. The third-order valence-corrected chi connectivity index (χ3v) is 5.68. The molecule has 0 unspecified atom stereocenters. The predicted octanol–water partition coefficient (Wildman–Crippen LogP) is 2.48. The lowest BCUT2D eigenvalue weighted by Gasteiger charge is -2.36. The molecule has 0 aromatic rings. The van der Waals surface area contributed by atoms with Crippen LogP contribution in [0.1, 0.15) is 70.6 Å². The highest BCUT2D eigenvalue weighted by molar-refractivity contribution is 4.82. The quantitative estimate of drug-likeness (QED) is 0.607. The minimum Gasteiger partial charge on any atom is -0.396 e. The summed E-state index contributed by atoms with van der Waals surface area (Å²) in [7, 11) is 0. The molecule has 0 radical (unpaired) electrons. The molecule has 4 heteroatoms. The fourth-order valence-electron chi connectivity index (χ4n) is 4.00. The van der Waals surface area contributed by atoms with Crippen LogP contribution in [0.25, 0.3) is 0 Å². The maximum Gasteiger partial charge on any atom is 0.0459 e. The van der Waals surface area contributed by atoms with Crippen LogP contribution in [0.15, 0.2) is 0 Å². The SMILES string of the molecule is OCC1CCC(CO)CC1.OCCC1(CCO)CCCCC1. The number of hydrogen-bond donors (Lipinski definition) is 4. The third-order valence-electron chi connectivity index (χ3n) is 5.68. The van der Waals surface area contributed by atoms with Crippen LogP contribution in [0, 0.1) is 17.3 Å². The van der Waals surface area contributed by atoms with Gasteiger partial charge in [0.1, 0.15) is 0 Å². The second kappa shape index (κ2) is 11.4. The molecule has 0 amide bonds. The first-order valence-corrected chi connectivity index (χ1v) is 9.13. The molecule has 4 nitrogen and oxygen atoms in total. The smallest absolute Gasteiger partial charge is 0.0459 e. The molecule has 0 heterocycles. The van der Waals surface area contributed by atoms with Gasteiger partial charge in [0.15, 0.2) is 0 Å². The fraction of sp³-hybridized carbons (Fsp3) is 1.00. The summed E-state index contributed by atoms with van der Waals surface area (Å²) in [6.07, 6.45) is 12.5. The van der Waals surface area contributed by atoms with Crippen molar-refractivity contribution in [1.82, 2.24) is 0 Å². The Balaban J connectivity index is 0.000000224. The Hall–Kier alpha value is -0.160. The standard InChI is InChI=1S/C10H20O2.C8H16O2/c11-8-6-10(7-9-12)4-2-1-3-5-10;9-5-7-1-2-8(6-10)4-3-7/h11-12H,1-9H2;7-10H,1-6H2. The summed E-state index contributed by atoms with van der Waals surface area (Å²) in [4.78, 5) is 0. The largest absolute Gasteiger partial charge is 0.396 e. The molecule has 2 rings (SSSR count). The average molecular weight is 316 g/mol. The van der Waals surface area contributed by atoms with Gasteiger partial charge in [0.05, 0.1) is 0 Å². The zero-order valence-corrected chi connectivity index (χ0v) is 14.1. The number of aliphatic hydroxyl groups excluding tert-OH is 4. The second-order valence-electron chi connectivity index (χ2n) is 7.26. The Bertz CT molecular complexity index is 228. The molecule has 0 aliphatic heterocycles. The van der Waals surface area contributed by atoms with Crippen molar-refractivity contribution >= 4 is 0 Å². The minimum atomic E-state index is 0.278. The van der Waals surface area contributed by atoms with Gasteiger partial charge in [0.25, 0.3) is 0 Å². The van der Waals surface area contributed by atoms with Crippen molar-refractivity contribution in [2.75, 3.05) is 26.4 Å². The van der Waals surface area contributed by atoms with E-state index in [0.717, 1.165) is 38.5 Å². The van der Waals surface area contributed by atoms with E-state index in [9.17, 15) is 0 Å². The highest BCUT2D eigenvalue weighted by Gasteiger charge is 2.30. The monoisotopic (exact) mass is 316 g/mol. The Kier molecular flexibility index (Phi) is 10.3. The van der Waals surface area contributed by atoms with Crippen molar-refractivity contribution in [1.29, 1.82) is 0 Å². The molecule has 2 fully saturated rings.